The molecule has 0 amide bonds. The number of rotatable bonds is 6. The smallest absolute Gasteiger partial charge is 0.258 e. The zero-order valence-corrected chi connectivity index (χ0v) is 12.6. The molecular weight excluding hydrogens is 264 g/mol. The van der Waals surface area contributed by atoms with Crippen LogP contribution in [0.2, 0.25) is 0 Å². The maximum Gasteiger partial charge on any atom is 0.258 e. The molecule has 1 aliphatic carbocycles. The highest BCUT2D eigenvalue weighted by Crippen LogP contribution is 2.31. The number of aromatic nitrogens is 3. The second-order valence-electron chi connectivity index (χ2n) is 6.07. The van der Waals surface area contributed by atoms with E-state index in [-0.39, 0.29) is 0 Å². The van der Waals surface area contributed by atoms with Crippen LogP contribution in [0.4, 0.5) is 0 Å². The topological polar surface area (TPSA) is 63.8 Å². The highest BCUT2D eigenvalue weighted by atomic mass is 16.5. The summed E-state index contributed by atoms with van der Waals surface area (Å²) in [6.45, 7) is 4.37. The summed E-state index contributed by atoms with van der Waals surface area (Å²) >= 11 is 0. The molecule has 0 aromatic carbocycles. The number of nitrogens with one attached hydrogen (secondary N) is 1. The molecule has 21 heavy (non-hydrogen) atoms. The predicted molar refractivity (Wildman–Crippen MR) is 80.6 cm³/mol. The van der Waals surface area contributed by atoms with Crippen LogP contribution in [0.15, 0.2) is 29.0 Å². The lowest BCUT2D eigenvalue weighted by Gasteiger charge is -2.35. The van der Waals surface area contributed by atoms with Crippen LogP contribution >= 0.6 is 0 Å². The number of hydrogen-bond acceptors (Lipinski definition) is 5. The lowest BCUT2D eigenvalue weighted by atomic mass is 9.78. The van der Waals surface area contributed by atoms with Gasteiger partial charge in [0.15, 0.2) is 5.82 Å². The molecule has 1 atom stereocenters. The zero-order chi connectivity index (χ0) is 14.7. The van der Waals surface area contributed by atoms with Gasteiger partial charge in [0.1, 0.15) is 0 Å². The highest BCUT2D eigenvalue weighted by molar-refractivity contribution is 5.50. The van der Waals surface area contributed by atoms with Gasteiger partial charge in [0.25, 0.3) is 5.89 Å². The monoisotopic (exact) mass is 286 g/mol. The molecule has 5 nitrogen and oxygen atoms in total. The van der Waals surface area contributed by atoms with Gasteiger partial charge in [-0.3, -0.25) is 4.98 Å². The molecule has 0 saturated heterocycles. The van der Waals surface area contributed by atoms with Gasteiger partial charge >= 0.3 is 0 Å². The predicted octanol–water partition coefficient (Wildman–Crippen LogP) is 2.84. The van der Waals surface area contributed by atoms with Crippen LogP contribution in [-0.4, -0.2) is 27.2 Å². The summed E-state index contributed by atoms with van der Waals surface area (Å²) in [5, 5.41) is 7.78. The largest absolute Gasteiger partial charge is 0.334 e. The van der Waals surface area contributed by atoms with E-state index in [9.17, 15) is 0 Å². The molecule has 2 heterocycles. The molecule has 1 aliphatic rings. The highest BCUT2D eigenvalue weighted by Gasteiger charge is 2.29. The van der Waals surface area contributed by atoms with Crippen LogP contribution in [0.25, 0.3) is 11.5 Å². The Morgan fingerprint density at radius 3 is 2.67 bits per heavy atom. The van der Waals surface area contributed by atoms with Gasteiger partial charge in [0, 0.05) is 36.5 Å². The second-order valence-corrected chi connectivity index (χ2v) is 6.07. The first-order valence-electron chi connectivity index (χ1n) is 7.71. The third kappa shape index (κ3) is 3.47. The van der Waals surface area contributed by atoms with Crippen molar-refractivity contribution in [1.82, 2.24) is 20.4 Å². The Hall–Kier alpha value is -1.75. The molecule has 0 aliphatic heterocycles. The SMILES string of the molecule is CC(C)NC(Cc1noc(-c2ccncc2)n1)C1CCC1. The third-order valence-electron chi connectivity index (χ3n) is 4.06. The summed E-state index contributed by atoms with van der Waals surface area (Å²) in [5.74, 6) is 2.10. The minimum absolute atomic E-state index is 0.446. The van der Waals surface area contributed by atoms with E-state index < -0.39 is 0 Å². The first kappa shape index (κ1) is 14.2. The fourth-order valence-corrected chi connectivity index (χ4v) is 2.78. The lowest BCUT2D eigenvalue weighted by molar-refractivity contribution is 0.215. The normalized spacial score (nSPS) is 16.9. The standard InChI is InChI=1S/C16H22N4O/c1-11(2)18-14(12-4-3-5-12)10-15-19-16(21-20-15)13-6-8-17-9-7-13/h6-9,11-12,14,18H,3-5,10H2,1-2H3. The van der Waals surface area contributed by atoms with E-state index >= 15 is 0 Å². The molecule has 2 aromatic rings. The third-order valence-corrected chi connectivity index (χ3v) is 4.06. The molecular formula is C16H22N4O. The Kier molecular flexibility index (Phi) is 4.29. The number of hydrogen-bond donors (Lipinski definition) is 1. The average molecular weight is 286 g/mol. The molecule has 0 radical (unpaired) electrons. The molecule has 1 fully saturated rings. The Bertz CT molecular complexity index is 563. The summed E-state index contributed by atoms with van der Waals surface area (Å²) in [6, 6.07) is 4.68. The Labute approximate surface area is 125 Å². The van der Waals surface area contributed by atoms with Gasteiger partial charge in [0.2, 0.25) is 0 Å². The number of pyridine rings is 1. The number of nitrogens with zero attached hydrogens (tertiary/aromatic N) is 3. The van der Waals surface area contributed by atoms with Crippen LogP contribution in [0.1, 0.15) is 38.9 Å². The van der Waals surface area contributed by atoms with Crippen LogP contribution in [-0.2, 0) is 6.42 Å². The Morgan fingerprint density at radius 2 is 2.05 bits per heavy atom. The van der Waals surface area contributed by atoms with Gasteiger partial charge in [-0.1, -0.05) is 25.4 Å². The second kappa shape index (κ2) is 6.35. The van der Waals surface area contributed by atoms with Gasteiger partial charge < -0.3 is 9.84 Å². The van der Waals surface area contributed by atoms with Crippen molar-refractivity contribution in [2.45, 2.75) is 51.6 Å². The van der Waals surface area contributed by atoms with E-state index in [2.05, 4.69) is 34.3 Å². The summed E-state index contributed by atoms with van der Waals surface area (Å²) in [4.78, 5) is 8.52. The summed E-state index contributed by atoms with van der Waals surface area (Å²) in [5.41, 5.74) is 0.917. The Balaban J connectivity index is 1.70. The molecule has 112 valence electrons. The van der Waals surface area contributed by atoms with E-state index in [4.69, 9.17) is 4.52 Å². The molecule has 1 saturated carbocycles. The van der Waals surface area contributed by atoms with Crippen molar-refractivity contribution in [3.63, 3.8) is 0 Å². The van der Waals surface area contributed by atoms with E-state index in [0.29, 0.717) is 18.0 Å². The van der Waals surface area contributed by atoms with Crippen molar-refractivity contribution < 1.29 is 4.52 Å². The first-order chi connectivity index (χ1) is 10.2. The van der Waals surface area contributed by atoms with Crippen molar-refractivity contribution in [2.75, 3.05) is 0 Å². The van der Waals surface area contributed by atoms with Gasteiger partial charge in [0.05, 0.1) is 0 Å². The lowest BCUT2D eigenvalue weighted by Crippen LogP contribution is -2.44. The van der Waals surface area contributed by atoms with Crippen molar-refractivity contribution in [1.29, 1.82) is 0 Å². The van der Waals surface area contributed by atoms with E-state index in [1.165, 1.54) is 19.3 Å². The molecule has 0 bridgehead atoms. The summed E-state index contributed by atoms with van der Waals surface area (Å²) in [7, 11) is 0. The summed E-state index contributed by atoms with van der Waals surface area (Å²) in [6.07, 6.45) is 8.25. The zero-order valence-electron chi connectivity index (χ0n) is 12.6. The van der Waals surface area contributed by atoms with Crippen LogP contribution < -0.4 is 5.32 Å². The van der Waals surface area contributed by atoms with Gasteiger partial charge in [-0.2, -0.15) is 4.98 Å². The molecule has 2 aromatic heterocycles. The maximum atomic E-state index is 5.37. The Morgan fingerprint density at radius 1 is 1.29 bits per heavy atom. The molecule has 3 rings (SSSR count). The van der Waals surface area contributed by atoms with Crippen LogP contribution in [0.5, 0.6) is 0 Å². The van der Waals surface area contributed by atoms with Gasteiger partial charge in [-0.25, -0.2) is 0 Å². The molecule has 1 unspecified atom stereocenters. The van der Waals surface area contributed by atoms with Crippen molar-refractivity contribution in [3.05, 3.63) is 30.4 Å². The fraction of sp³-hybridized carbons (Fsp3) is 0.562. The van der Waals surface area contributed by atoms with E-state index in [1.807, 2.05) is 12.1 Å². The minimum Gasteiger partial charge on any atom is -0.334 e. The average Bonchev–Trinajstić information content (AvgIpc) is 2.85. The first-order valence-corrected chi connectivity index (χ1v) is 7.71. The summed E-state index contributed by atoms with van der Waals surface area (Å²) < 4.78 is 5.37. The van der Waals surface area contributed by atoms with Crippen LogP contribution in [0.3, 0.4) is 0 Å². The quantitative estimate of drug-likeness (QED) is 0.884. The minimum atomic E-state index is 0.446. The molecule has 1 N–H and O–H groups in total. The maximum absolute atomic E-state index is 5.37. The van der Waals surface area contributed by atoms with E-state index in [1.54, 1.807) is 12.4 Å². The fourth-order valence-electron chi connectivity index (χ4n) is 2.78. The van der Waals surface area contributed by atoms with Gasteiger partial charge in [-0.15, -0.1) is 0 Å². The van der Waals surface area contributed by atoms with Gasteiger partial charge in [-0.05, 0) is 30.9 Å². The van der Waals surface area contributed by atoms with Crippen molar-refractivity contribution in [2.24, 2.45) is 5.92 Å². The van der Waals surface area contributed by atoms with Crippen molar-refractivity contribution >= 4 is 0 Å². The molecule has 5 heteroatoms. The van der Waals surface area contributed by atoms with Crippen molar-refractivity contribution in [3.8, 4) is 11.5 Å². The molecule has 0 spiro atoms. The van der Waals surface area contributed by atoms with E-state index in [0.717, 1.165) is 23.7 Å². The van der Waals surface area contributed by atoms with Crippen LogP contribution in [0, 0.1) is 5.92 Å².